The average molecular weight is 269 g/mol. The van der Waals surface area contributed by atoms with Crippen LogP contribution in [0.15, 0.2) is 54.6 Å². The highest BCUT2D eigenvalue weighted by atomic mass is 16.5. The fraction of sp³-hybridized carbons (Fsp3) is 0.333. The van der Waals surface area contributed by atoms with Gasteiger partial charge in [0, 0.05) is 6.54 Å². The van der Waals surface area contributed by atoms with E-state index in [0.29, 0.717) is 0 Å². The van der Waals surface area contributed by atoms with Crippen LogP contribution in [-0.2, 0) is 6.54 Å². The van der Waals surface area contributed by atoms with Gasteiger partial charge in [0.25, 0.3) is 0 Å². The number of para-hydroxylation sites is 1. The van der Waals surface area contributed by atoms with Crippen LogP contribution in [0.5, 0.6) is 11.5 Å². The predicted molar refractivity (Wildman–Crippen MR) is 84.2 cm³/mol. The summed E-state index contributed by atoms with van der Waals surface area (Å²) in [4.78, 5) is 0. The van der Waals surface area contributed by atoms with E-state index in [1.54, 1.807) is 0 Å². The van der Waals surface area contributed by atoms with Gasteiger partial charge in [0.1, 0.15) is 11.5 Å². The Bertz CT molecular complexity index is 496. The van der Waals surface area contributed by atoms with Gasteiger partial charge in [-0.05, 0) is 42.8 Å². The summed E-state index contributed by atoms with van der Waals surface area (Å²) in [6, 6.07) is 18.1. The molecule has 0 atom stereocenters. The number of hydrogen-bond donors (Lipinski definition) is 1. The van der Waals surface area contributed by atoms with Gasteiger partial charge in [-0.15, -0.1) is 0 Å². The lowest BCUT2D eigenvalue weighted by Crippen LogP contribution is -2.14. The first-order valence-electron chi connectivity index (χ1n) is 7.41. The van der Waals surface area contributed by atoms with Crippen LogP contribution in [0.25, 0.3) is 0 Å². The molecule has 2 rings (SSSR count). The minimum atomic E-state index is 0.876. The van der Waals surface area contributed by atoms with Crippen molar-refractivity contribution in [2.75, 3.05) is 6.54 Å². The fourth-order valence-electron chi connectivity index (χ4n) is 2.08. The molecule has 0 amide bonds. The smallest absolute Gasteiger partial charge is 0.127 e. The van der Waals surface area contributed by atoms with Gasteiger partial charge < -0.3 is 10.1 Å². The van der Waals surface area contributed by atoms with Gasteiger partial charge in [0.2, 0.25) is 0 Å². The molecule has 0 unspecified atom stereocenters. The molecule has 2 aromatic carbocycles. The molecule has 2 nitrogen and oxygen atoms in total. The highest BCUT2D eigenvalue weighted by Crippen LogP contribution is 2.21. The van der Waals surface area contributed by atoms with Crippen molar-refractivity contribution in [1.29, 1.82) is 0 Å². The summed E-state index contributed by atoms with van der Waals surface area (Å²) in [6.07, 6.45) is 3.81. The predicted octanol–water partition coefficient (Wildman–Crippen LogP) is 4.76. The van der Waals surface area contributed by atoms with Crippen LogP contribution in [0, 0.1) is 0 Å². The molecule has 106 valence electrons. The summed E-state index contributed by atoms with van der Waals surface area (Å²) < 4.78 is 5.84. The molecule has 0 aliphatic heterocycles. The molecule has 0 saturated heterocycles. The van der Waals surface area contributed by atoms with Crippen LogP contribution < -0.4 is 10.1 Å². The Labute approximate surface area is 121 Å². The van der Waals surface area contributed by atoms with Crippen molar-refractivity contribution in [2.45, 2.75) is 32.7 Å². The third kappa shape index (κ3) is 5.06. The molecule has 0 bridgehead atoms. The van der Waals surface area contributed by atoms with Crippen molar-refractivity contribution in [2.24, 2.45) is 0 Å². The third-order valence-corrected chi connectivity index (χ3v) is 3.16. The number of ether oxygens (including phenoxy) is 1. The van der Waals surface area contributed by atoms with Crippen LogP contribution in [0.1, 0.15) is 31.7 Å². The second-order valence-electron chi connectivity index (χ2n) is 4.95. The molecule has 0 radical (unpaired) electrons. The van der Waals surface area contributed by atoms with Crippen LogP contribution in [0.4, 0.5) is 0 Å². The summed E-state index contributed by atoms with van der Waals surface area (Å²) in [5, 5.41) is 3.47. The second kappa shape index (κ2) is 8.39. The maximum absolute atomic E-state index is 5.84. The zero-order chi connectivity index (χ0) is 14.0. The van der Waals surface area contributed by atoms with Gasteiger partial charge >= 0.3 is 0 Å². The first kappa shape index (κ1) is 14.6. The summed E-state index contributed by atoms with van der Waals surface area (Å²) >= 11 is 0. The molecule has 20 heavy (non-hydrogen) atoms. The van der Waals surface area contributed by atoms with Gasteiger partial charge in [0.05, 0.1) is 0 Å². The Morgan fingerprint density at radius 1 is 0.900 bits per heavy atom. The molecule has 0 saturated carbocycles. The zero-order valence-corrected chi connectivity index (χ0v) is 12.1. The van der Waals surface area contributed by atoms with Crippen LogP contribution in [-0.4, -0.2) is 6.54 Å². The van der Waals surface area contributed by atoms with E-state index in [4.69, 9.17) is 4.74 Å². The number of rotatable bonds is 8. The summed E-state index contributed by atoms with van der Waals surface area (Å²) in [7, 11) is 0. The Balaban J connectivity index is 1.84. The molecular weight excluding hydrogens is 246 g/mol. The molecule has 2 aromatic rings. The standard InChI is InChI=1S/C18H23NO/c1-2-3-7-13-19-15-16-9-8-12-18(14-16)20-17-10-5-4-6-11-17/h4-6,8-12,14,19H,2-3,7,13,15H2,1H3. The highest BCUT2D eigenvalue weighted by molar-refractivity contribution is 5.33. The van der Waals surface area contributed by atoms with Crippen LogP contribution >= 0.6 is 0 Å². The number of hydrogen-bond acceptors (Lipinski definition) is 2. The SMILES string of the molecule is CCCCCNCc1cccc(Oc2ccccc2)c1. The fourth-order valence-corrected chi connectivity index (χ4v) is 2.08. The molecule has 2 heteroatoms. The largest absolute Gasteiger partial charge is 0.457 e. The first-order valence-corrected chi connectivity index (χ1v) is 7.41. The van der Waals surface area contributed by atoms with E-state index in [0.717, 1.165) is 24.6 Å². The van der Waals surface area contributed by atoms with Crippen LogP contribution in [0.3, 0.4) is 0 Å². The molecule has 0 fully saturated rings. The Hall–Kier alpha value is -1.80. The Kier molecular flexibility index (Phi) is 6.12. The summed E-state index contributed by atoms with van der Waals surface area (Å²) in [6.45, 7) is 4.21. The van der Waals surface area contributed by atoms with E-state index in [1.165, 1.54) is 24.8 Å². The maximum atomic E-state index is 5.84. The van der Waals surface area contributed by atoms with Gasteiger partial charge in [0.15, 0.2) is 0 Å². The number of nitrogens with one attached hydrogen (secondary N) is 1. The summed E-state index contributed by atoms with van der Waals surface area (Å²) in [5.74, 6) is 1.77. The monoisotopic (exact) mass is 269 g/mol. The highest BCUT2D eigenvalue weighted by Gasteiger charge is 1.98. The first-order chi connectivity index (χ1) is 9.88. The second-order valence-corrected chi connectivity index (χ2v) is 4.95. The Morgan fingerprint density at radius 2 is 1.70 bits per heavy atom. The Morgan fingerprint density at radius 3 is 2.50 bits per heavy atom. The van der Waals surface area contributed by atoms with E-state index >= 15 is 0 Å². The lowest BCUT2D eigenvalue weighted by Gasteiger charge is -2.08. The minimum absolute atomic E-state index is 0.876. The van der Waals surface area contributed by atoms with Crippen molar-refractivity contribution < 1.29 is 4.74 Å². The molecule has 0 spiro atoms. The van der Waals surface area contributed by atoms with Crippen molar-refractivity contribution in [1.82, 2.24) is 5.32 Å². The van der Waals surface area contributed by atoms with E-state index in [9.17, 15) is 0 Å². The third-order valence-electron chi connectivity index (χ3n) is 3.16. The van der Waals surface area contributed by atoms with Gasteiger partial charge in [-0.3, -0.25) is 0 Å². The average Bonchev–Trinajstić information content (AvgIpc) is 2.48. The quantitative estimate of drug-likeness (QED) is 0.698. The number of benzene rings is 2. The van der Waals surface area contributed by atoms with Crippen LogP contribution in [0.2, 0.25) is 0 Å². The van der Waals surface area contributed by atoms with E-state index in [1.807, 2.05) is 42.5 Å². The molecule has 0 aliphatic rings. The van der Waals surface area contributed by atoms with E-state index in [2.05, 4.69) is 24.4 Å². The zero-order valence-electron chi connectivity index (χ0n) is 12.1. The molecule has 1 N–H and O–H groups in total. The summed E-state index contributed by atoms with van der Waals surface area (Å²) in [5.41, 5.74) is 1.26. The van der Waals surface area contributed by atoms with Crippen molar-refractivity contribution in [3.63, 3.8) is 0 Å². The van der Waals surface area contributed by atoms with Crippen molar-refractivity contribution in [3.05, 3.63) is 60.2 Å². The molecule has 0 aliphatic carbocycles. The molecule has 0 aromatic heterocycles. The lowest BCUT2D eigenvalue weighted by molar-refractivity contribution is 0.481. The van der Waals surface area contributed by atoms with Gasteiger partial charge in [-0.25, -0.2) is 0 Å². The minimum Gasteiger partial charge on any atom is -0.457 e. The molecule has 0 heterocycles. The normalized spacial score (nSPS) is 10.4. The van der Waals surface area contributed by atoms with Gasteiger partial charge in [-0.1, -0.05) is 50.1 Å². The van der Waals surface area contributed by atoms with E-state index < -0.39 is 0 Å². The van der Waals surface area contributed by atoms with Gasteiger partial charge in [-0.2, -0.15) is 0 Å². The number of unbranched alkanes of at least 4 members (excludes halogenated alkanes) is 2. The lowest BCUT2D eigenvalue weighted by atomic mass is 10.2. The van der Waals surface area contributed by atoms with E-state index in [-0.39, 0.29) is 0 Å². The molecular formula is C18H23NO. The topological polar surface area (TPSA) is 21.3 Å². The maximum Gasteiger partial charge on any atom is 0.127 e. The van der Waals surface area contributed by atoms with Crippen molar-refractivity contribution >= 4 is 0 Å². The van der Waals surface area contributed by atoms with Crippen molar-refractivity contribution in [3.8, 4) is 11.5 Å².